The van der Waals surface area contributed by atoms with Crippen LogP contribution in [0.4, 0.5) is 17.5 Å². The normalized spacial score (nSPS) is 16.9. The summed E-state index contributed by atoms with van der Waals surface area (Å²) in [5, 5.41) is 6.58. The van der Waals surface area contributed by atoms with Crippen LogP contribution in [0.3, 0.4) is 0 Å². The number of fused-ring (bicyclic) bond motifs is 1. The van der Waals surface area contributed by atoms with Crippen molar-refractivity contribution in [2.75, 3.05) is 23.8 Å². The number of ether oxygens (including phenoxy) is 1. The standard InChI is InChI=1S/C18H20N6O/c1-12-4-6-13(7-5-12)22-17-15-16(20-9-8-19-15)23-18(24-17)21-11-14-3-2-10-25-14/h4-9,14H,2-3,10-11H2,1H3,(H2,20,21,22,23,24)/t14-/m0/s1. The number of aryl methyl sites for hydroxylation is 1. The maximum absolute atomic E-state index is 5.64. The van der Waals surface area contributed by atoms with Crippen LogP contribution in [0, 0.1) is 6.92 Å². The van der Waals surface area contributed by atoms with E-state index < -0.39 is 0 Å². The second-order valence-electron chi connectivity index (χ2n) is 6.13. The van der Waals surface area contributed by atoms with Crippen LogP contribution in [0.1, 0.15) is 18.4 Å². The van der Waals surface area contributed by atoms with Gasteiger partial charge in [0.25, 0.3) is 0 Å². The Balaban J connectivity index is 1.62. The first-order valence-electron chi connectivity index (χ1n) is 8.46. The molecule has 0 aliphatic carbocycles. The second-order valence-corrected chi connectivity index (χ2v) is 6.13. The molecule has 0 spiro atoms. The number of nitrogens with one attached hydrogen (secondary N) is 2. The number of anilines is 3. The molecular weight excluding hydrogens is 316 g/mol. The quantitative estimate of drug-likeness (QED) is 0.740. The van der Waals surface area contributed by atoms with Crippen molar-refractivity contribution in [1.82, 2.24) is 19.9 Å². The summed E-state index contributed by atoms with van der Waals surface area (Å²) >= 11 is 0. The Labute approximate surface area is 145 Å². The molecule has 7 heteroatoms. The van der Waals surface area contributed by atoms with Gasteiger partial charge in [0.15, 0.2) is 17.0 Å². The fourth-order valence-corrected chi connectivity index (χ4v) is 2.81. The van der Waals surface area contributed by atoms with E-state index in [1.54, 1.807) is 12.4 Å². The minimum absolute atomic E-state index is 0.217. The van der Waals surface area contributed by atoms with E-state index >= 15 is 0 Å². The number of hydrogen-bond acceptors (Lipinski definition) is 7. The lowest BCUT2D eigenvalue weighted by atomic mass is 10.2. The van der Waals surface area contributed by atoms with Crippen LogP contribution in [0.2, 0.25) is 0 Å². The molecule has 3 aromatic rings. The molecule has 0 bridgehead atoms. The van der Waals surface area contributed by atoms with Gasteiger partial charge in [-0.25, -0.2) is 9.97 Å². The van der Waals surface area contributed by atoms with Crippen molar-refractivity contribution in [3.63, 3.8) is 0 Å². The lowest BCUT2D eigenvalue weighted by Gasteiger charge is -2.13. The summed E-state index contributed by atoms with van der Waals surface area (Å²) < 4.78 is 5.64. The Kier molecular flexibility index (Phi) is 4.39. The third kappa shape index (κ3) is 3.66. The molecule has 1 aromatic carbocycles. The average Bonchev–Trinajstić information content (AvgIpc) is 3.15. The van der Waals surface area contributed by atoms with Crippen molar-refractivity contribution in [3.8, 4) is 0 Å². The maximum atomic E-state index is 5.64. The Morgan fingerprint density at radius 1 is 1.12 bits per heavy atom. The number of benzene rings is 1. The van der Waals surface area contributed by atoms with Gasteiger partial charge in [-0.2, -0.15) is 9.97 Å². The molecule has 7 nitrogen and oxygen atoms in total. The van der Waals surface area contributed by atoms with Crippen LogP contribution in [0.5, 0.6) is 0 Å². The summed E-state index contributed by atoms with van der Waals surface area (Å²) in [6.07, 6.45) is 5.67. The van der Waals surface area contributed by atoms with Gasteiger partial charge in [-0.05, 0) is 31.9 Å². The molecule has 128 valence electrons. The lowest BCUT2D eigenvalue weighted by molar-refractivity contribution is 0.120. The van der Waals surface area contributed by atoms with Crippen LogP contribution in [-0.4, -0.2) is 39.2 Å². The molecular formula is C18H20N6O. The summed E-state index contributed by atoms with van der Waals surface area (Å²) in [7, 11) is 0. The van der Waals surface area contributed by atoms with Gasteiger partial charge in [-0.3, -0.25) is 0 Å². The van der Waals surface area contributed by atoms with Crippen LogP contribution in [0.25, 0.3) is 11.2 Å². The molecule has 2 aromatic heterocycles. The zero-order chi connectivity index (χ0) is 17.1. The first-order valence-corrected chi connectivity index (χ1v) is 8.46. The third-order valence-electron chi connectivity index (χ3n) is 4.16. The van der Waals surface area contributed by atoms with Crippen LogP contribution < -0.4 is 10.6 Å². The Bertz CT molecular complexity index is 861. The SMILES string of the molecule is Cc1ccc(Nc2nc(NC[C@@H]3CCCO3)nc3nccnc23)cc1. The van der Waals surface area contributed by atoms with Crippen molar-refractivity contribution in [2.45, 2.75) is 25.9 Å². The van der Waals surface area contributed by atoms with E-state index in [4.69, 9.17) is 4.74 Å². The van der Waals surface area contributed by atoms with Gasteiger partial charge in [0, 0.05) is 31.2 Å². The summed E-state index contributed by atoms with van der Waals surface area (Å²) in [5.74, 6) is 1.16. The van der Waals surface area contributed by atoms with E-state index in [9.17, 15) is 0 Å². The van der Waals surface area contributed by atoms with Crippen LogP contribution in [0.15, 0.2) is 36.7 Å². The fraction of sp³-hybridized carbons (Fsp3) is 0.333. The highest BCUT2D eigenvalue weighted by Gasteiger charge is 2.16. The largest absolute Gasteiger partial charge is 0.376 e. The van der Waals surface area contributed by atoms with Crippen molar-refractivity contribution in [2.24, 2.45) is 0 Å². The van der Waals surface area contributed by atoms with E-state index in [0.29, 0.717) is 29.5 Å². The first-order chi connectivity index (χ1) is 12.3. The summed E-state index contributed by atoms with van der Waals surface area (Å²) in [6.45, 7) is 3.58. The van der Waals surface area contributed by atoms with Crippen molar-refractivity contribution in [3.05, 3.63) is 42.2 Å². The second kappa shape index (κ2) is 6.98. The van der Waals surface area contributed by atoms with Gasteiger partial charge in [0.2, 0.25) is 5.95 Å². The molecule has 1 atom stereocenters. The predicted molar refractivity (Wildman–Crippen MR) is 97.1 cm³/mol. The Morgan fingerprint density at radius 3 is 2.76 bits per heavy atom. The summed E-state index contributed by atoms with van der Waals surface area (Å²) in [6, 6.07) is 8.13. The molecule has 3 heterocycles. The highest BCUT2D eigenvalue weighted by molar-refractivity contribution is 5.85. The Hall–Kier alpha value is -2.80. The molecule has 2 N–H and O–H groups in total. The van der Waals surface area contributed by atoms with Crippen molar-refractivity contribution < 1.29 is 4.74 Å². The number of aromatic nitrogens is 4. The topological polar surface area (TPSA) is 84.9 Å². The molecule has 1 saturated heterocycles. The summed E-state index contributed by atoms with van der Waals surface area (Å²) in [4.78, 5) is 17.7. The molecule has 0 amide bonds. The van der Waals surface area contributed by atoms with Crippen molar-refractivity contribution >= 4 is 28.6 Å². The van der Waals surface area contributed by atoms with Crippen LogP contribution >= 0.6 is 0 Å². The molecule has 4 rings (SSSR count). The van der Waals surface area contributed by atoms with Gasteiger partial charge < -0.3 is 15.4 Å². The van der Waals surface area contributed by atoms with Gasteiger partial charge in [-0.1, -0.05) is 17.7 Å². The zero-order valence-corrected chi connectivity index (χ0v) is 14.1. The number of nitrogens with zero attached hydrogens (tertiary/aromatic N) is 4. The van der Waals surface area contributed by atoms with E-state index in [1.807, 2.05) is 24.3 Å². The fourth-order valence-electron chi connectivity index (χ4n) is 2.81. The van der Waals surface area contributed by atoms with Gasteiger partial charge in [-0.15, -0.1) is 0 Å². The van der Waals surface area contributed by atoms with Crippen LogP contribution in [-0.2, 0) is 4.74 Å². The molecule has 1 aliphatic heterocycles. The van der Waals surface area contributed by atoms with E-state index in [2.05, 4.69) is 37.5 Å². The van der Waals surface area contributed by atoms with E-state index in [-0.39, 0.29) is 6.10 Å². The Morgan fingerprint density at radius 2 is 1.96 bits per heavy atom. The minimum atomic E-state index is 0.217. The molecule has 25 heavy (non-hydrogen) atoms. The smallest absolute Gasteiger partial charge is 0.226 e. The molecule has 0 radical (unpaired) electrons. The van der Waals surface area contributed by atoms with E-state index in [0.717, 1.165) is 25.1 Å². The number of hydrogen-bond donors (Lipinski definition) is 2. The molecule has 1 aliphatic rings. The zero-order valence-electron chi connectivity index (χ0n) is 14.1. The van der Waals surface area contributed by atoms with Gasteiger partial charge in [0.1, 0.15) is 0 Å². The molecule has 0 saturated carbocycles. The monoisotopic (exact) mass is 336 g/mol. The highest BCUT2D eigenvalue weighted by atomic mass is 16.5. The summed E-state index contributed by atoms with van der Waals surface area (Å²) in [5.41, 5.74) is 3.35. The lowest BCUT2D eigenvalue weighted by Crippen LogP contribution is -2.20. The maximum Gasteiger partial charge on any atom is 0.226 e. The average molecular weight is 336 g/mol. The number of rotatable bonds is 5. The third-order valence-corrected chi connectivity index (χ3v) is 4.16. The molecule has 0 unspecified atom stereocenters. The van der Waals surface area contributed by atoms with Gasteiger partial charge in [0.05, 0.1) is 6.10 Å². The van der Waals surface area contributed by atoms with Gasteiger partial charge >= 0.3 is 0 Å². The first kappa shape index (κ1) is 15.7. The highest BCUT2D eigenvalue weighted by Crippen LogP contribution is 2.23. The predicted octanol–water partition coefficient (Wildman–Crippen LogP) is 3.06. The van der Waals surface area contributed by atoms with E-state index in [1.165, 1.54) is 5.56 Å². The molecule has 1 fully saturated rings. The minimum Gasteiger partial charge on any atom is -0.376 e. The van der Waals surface area contributed by atoms with Crippen molar-refractivity contribution in [1.29, 1.82) is 0 Å².